The van der Waals surface area contributed by atoms with Crippen LogP contribution >= 0.6 is 0 Å². The van der Waals surface area contributed by atoms with E-state index in [4.69, 9.17) is 5.73 Å². The first kappa shape index (κ1) is 28.6. The molecule has 0 fully saturated rings. The zero-order chi connectivity index (χ0) is 28.0. The fourth-order valence-corrected chi connectivity index (χ4v) is 4.52. The van der Waals surface area contributed by atoms with E-state index in [1.54, 1.807) is 19.9 Å². The molecule has 0 spiro atoms. The average Bonchev–Trinajstić information content (AvgIpc) is 3.30. The number of hydrogen-bond acceptors (Lipinski definition) is 6. The first-order valence-electron chi connectivity index (χ1n) is 12.6. The van der Waals surface area contributed by atoms with E-state index in [1.165, 1.54) is 18.2 Å². The number of nitrogens with two attached hydrogens (primary N) is 1. The fourth-order valence-electron chi connectivity index (χ4n) is 4.52. The topological polar surface area (TPSA) is 138 Å². The van der Waals surface area contributed by atoms with Crippen molar-refractivity contribution >= 4 is 41.2 Å². The Labute approximate surface area is 221 Å². The van der Waals surface area contributed by atoms with E-state index in [2.05, 4.69) is 33.8 Å². The Bertz CT molecular complexity index is 1260. The largest absolute Gasteiger partial charge is 0.450 e. The van der Waals surface area contributed by atoms with Crippen LogP contribution in [-0.2, 0) is 14.3 Å². The number of anilines is 1. The highest BCUT2D eigenvalue weighted by atomic mass is 19.1. The molecule has 0 unspecified atom stereocenters. The molecule has 1 aromatic heterocycles. The van der Waals surface area contributed by atoms with Gasteiger partial charge in [0, 0.05) is 36.5 Å². The smallest absolute Gasteiger partial charge is 0.404 e. The number of aromatic amines is 1. The number of hydrogen-bond donors (Lipinski definition) is 3. The molecular formula is C27H34FN5O5. The van der Waals surface area contributed by atoms with E-state index in [0.717, 1.165) is 24.5 Å². The van der Waals surface area contributed by atoms with E-state index in [-0.39, 0.29) is 42.2 Å². The van der Waals surface area contributed by atoms with Crippen LogP contribution in [0.1, 0.15) is 59.6 Å². The molecule has 4 amide bonds. The molecule has 10 nitrogen and oxygen atoms in total. The summed E-state index contributed by atoms with van der Waals surface area (Å²) in [5, 5.41) is 2.94. The summed E-state index contributed by atoms with van der Waals surface area (Å²) >= 11 is 0. The lowest BCUT2D eigenvalue weighted by Crippen LogP contribution is -2.35. The number of rotatable bonds is 11. The predicted molar refractivity (Wildman–Crippen MR) is 142 cm³/mol. The third-order valence-corrected chi connectivity index (χ3v) is 6.55. The molecule has 1 aliphatic heterocycles. The van der Waals surface area contributed by atoms with Crippen molar-refractivity contribution in [3.8, 4) is 0 Å². The Morgan fingerprint density at radius 1 is 1.21 bits per heavy atom. The first-order valence-corrected chi connectivity index (χ1v) is 12.6. The Morgan fingerprint density at radius 3 is 2.58 bits per heavy atom. The summed E-state index contributed by atoms with van der Waals surface area (Å²) in [5.41, 5.74) is 7.84. The maximum absolute atomic E-state index is 14.2. The highest BCUT2D eigenvalue weighted by Gasteiger charge is 2.37. The number of primary amides is 1. The molecule has 1 aromatic carbocycles. The number of H-pyrrole nitrogens is 1. The van der Waals surface area contributed by atoms with Crippen molar-refractivity contribution < 1.29 is 28.3 Å². The maximum atomic E-state index is 14.2. The highest BCUT2D eigenvalue weighted by Crippen LogP contribution is 2.39. The Kier molecular flexibility index (Phi) is 9.40. The standard InChI is InChI=1S/C27H34FN5O5/c1-5-32(6-2)12-11-30-25(35)24-16(3)21(31-17(24)4)15-20-19-14-18(28)9-10-22(19)33(26(20)36)23(34)8-7-13-38-27(29)37/h9-10,14-15,31H,5-8,11-13H2,1-4H3,(H2,29,37)(H,30,35). The number of likely N-dealkylation sites (N-methyl/N-ethyl adjacent to an activating group) is 1. The van der Waals surface area contributed by atoms with Crippen LogP contribution in [0.25, 0.3) is 11.6 Å². The van der Waals surface area contributed by atoms with Gasteiger partial charge in [-0.1, -0.05) is 13.8 Å². The fraction of sp³-hybridized carbons (Fsp3) is 0.407. The summed E-state index contributed by atoms with van der Waals surface area (Å²) in [5.74, 6) is -1.92. The molecule has 11 heteroatoms. The number of nitrogens with zero attached hydrogens (tertiary/aromatic N) is 2. The van der Waals surface area contributed by atoms with Gasteiger partial charge in [0.25, 0.3) is 11.8 Å². The van der Waals surface area contributed by atoms with Crippen LogP contribution in [0.4, 0.5) is 14.9 Å². The molecule has 2 heterocycles. The second kappa shape index (κ2) is 12.5. The molecule has 38 heavy (non-hydrogen) atoms. The summed E-state index contributed by atoms with van der Waals surface area (Å²) in [6.45, 7) is 10.6. The number of nitrogens with one attached hydrogen (secondary N) is 2. The first-order chi connectivity index (χ1) is 18.1. The zero-order valence-electron chi connectivity index (χ0n) is 22.2. The minimum atomic E-state index is -0.950. The number of aromatic nitrogens is 1. The third kappa shape index (κ3) is 6.28. The van der Waals surface area contributed by atoms with Crippen LogP contribution in [0, 0.1) is 19.7 Å². The monoisotopic (exact) mass is 527 g/mol. The van der Waals surface area contributed by atoms with E-state index < -0.39 is 23.7 Å². The van der Waals surface area contributed by atoms with Crippen LogP contribution in [-0.4, -0.2) is 66.5 Å². The quantitative estimate of drug-likeness (QED) is 0.303. The summed E-state index contributed by atoms with van der Waals surface area (Å²) in [6, 6.07) is 3.76. The number of benzene rings is 1. The molecule has 0 atom stereocenters. The number of aryl methyl sites for hydroxylation is 1. The van der Waals surface area contributed by atoms with Crippen molar-refractivity contribution in [3.05, 3.63) is 52.1 Å². The van der Waals surface area contributed by atoms with Gasteiger partial charge in [-0.15, -0.1) is 0 Å². The SMILES string of the molecule is CCN(CC)CCNC(=O)c1c(C)[nH]c(C=C2C(=O)N(C(=O)CCCOC(N)=O)c3ccc(F)cc32)c1C. The minimum Gasteiger partial charge on any atom is -0.450 e. The maximum Gasteiger partial charge on any atom is 0.404 e. The molecule has 0 aliphatic carbocycles. The minimum absolute atomic E-state index is 0.0667. The van der Waals surface area contributed by atoms with Crippen LogP contribution in [0.3, 0.4) is 0 Å². The summed E-state index contributed by atoms with van der Waals surface area (Å²) in [7, 11) is 0. The van der Waals surface area contributed by atoms with Gasteiger partial charge < -0.3 is 25.7 Å². The van der Waals surface area contributed by atoms with Crippen LogP contribution in [0.15, 0.2) is 18.2 Å². The summed E-state index contributed by atoms with van der Waals surface area (Å²) < 4.78 is 18.8. The molecule has 1 aliphatic rings. The molecule has 3 rings (SSSR count). The van der Waals surface area contributed by atoms with Gasteiger partial charge in [-0.05, 0) is 63.2 Å². The molecule has 0 saturated heterocycles. The lowest BCUT2D eigenvalue weighted by atomic mass is 10.0. The number of imide groups is 1. The van der Waals surface area contributed by atoms with Crippen LogP contribution < -0.4 is 16.0 Å². The van der Waals surface area contributed by atoms with Gasteiger partial charge in [0.1, 0.15) is 5.82 Å². The number of amides is 4. The van der Waals surface area contributed by atoms with Gasteiger partial charge >= 0.3 is 6.09 Å². The molecule has 0 radical (unpaired) electrons. The second-order valence-electron chi connectivity index (χ2n) is 8.97. The van der Waals surface area contributed by atoms with Crippen molar-refractivity contribution in [3.63, 3.8) is 0 Å². The van der Waals surface area contributed by atoms with Crippen molar-refractivity contribution in [1.82, 2.24) is 15.2 Å². The second-order valence-corrected chi connectivity index (χ2v) is 8.97. The zero-order valence-corrected chi connectivity index (χ0v) is 22.2. The Hall–Kier alpha value is -3.99. The van der Waals surface area contributed by atoms with Crippen molar-refractivity contribution in [2.24, 2.45) is 5.73 Å². The number of halogens is 1. The average molecular weight is 528 g/mol. The number of carbonyl (C=O) groups is 4. The van der Waals surface area contributed by atoms with Gasteiger partial charge in [-0.25, -0.2) is 14.1 Å². The van der Waals surface area contributed by atoms with Crippen molar-refractivity contribution in [2.45, 2.75) is 40.5 Å². The number of ether oxygens (including phenoxy) is 1. The molecule has 0 bridgehead atoms. The molecule has 2 aromatic rings. The van der Waals surface area contributed by atoms with E-state index >= 15 is 0 Å². The van der Waals surface area contributed by atoms with Gasteiger partial charge in [0.05, 0.1) is 23.4 Å². The summed E-state index contributed by atoms with van der Waals surface area (Å²) in [4.78, 5) is 56.3. The molecular weight excluding hydrogens is 493 g/mol. The lowest BCUT2D eigenvalue weighted by molar-refractivity contribution is -0.123. The van der Waals surface area contributed by atoms with Gasteiger partial charge in [0.15, 0.2) is 0 Å². The number of carbonyl (C=O) groups excluding carboxylic acids is 4. The molecule has 4 N–H and O–H groups in total. The highest BCUT2D eigenvalue weighted by molar-refractivity contribution is 6.42. The van der Waals surface area contributed by atoms with E-state index in [0.29, 0.717) is 29.1 Å². The van der Waals surface area contributed by atoms with Gasteiger partial charge in [0.2, 0.25) is 5.91 Å². The van der Waals surface area contributed by atoms with Gasteiger partial charge in [-0.2, -0.15) is 0 Å². The van der Waals surface area contributed by atoms with E-state index in [1.807, 2.05) is 0 Å². The summed E-state index contributed by atoms with van der Waals surface area (Å²) in [6.07, 6.45) is 0.679. The van der Waals surface area contributed by atoms with Crippen molar-refractivity contribution in [1.29, 1.82) is 0 Å². The Morgan fingerprint density at radius 2 is 1.92 bits per heavy atom. The van der Waals surface area contributed by atoms with E-state index in [9.17, 15) is 23.6 Å². The van der Waals surface area contributed by atoms with Crippen LogP contribution in [0.2, 0.25) is 0 Å². The lowest BCUT2D eigenvalue weighted by Gasteiger charge is -2.18. The Balaban J connectivity index is 1.86. The third-order valence-electron chi connectivity index (χ3n) is 6.55. The van der Waals surface area contributed by atoms with Crippen molar-refractivity contribution in [2.75, 3.05) is 37.7 Å². The molecule has 0 saturated carbocycles. The predicted octanol–water partition coefficient (Wildman–Crippen LogP) is 3.13. The van der Waals surface area contributed by atoms with Gasteiger partial charge in [-0.3, -0.25) is 14.4 Å². The van der Waals surface area contributed by atoms with Crippen LogP contribution in [0.5, 0.6) is 0 Å². The number of fused-ring (bicyclic) bond motifs is 1. The molecule has 204 valence electrons. The normalized spacial score (nSPS) is 13.8.